The highest BCUT2D eigenvalue weighted by Gasteiger charge is 2.32. The summed E-state index contributed by atoms with van der Waals surface area (Å²) in [6, 6.07) is 10.8. The van der Waals surface area contributed by atoms with E-state index in [2.05, 4.69) is 11.9 Å². The van der Waals surface area contributed by atoms with E-state index in [0.29, 0.717) is 12.4 Å². The van der Waals surface area contributed by atoms with Crippen LogP contribution in [0.2, 0.25) is 0 Å². The smallest absolute Gasteiger partial charge is 0.309 e. The zero-order valence-corrected chi connectivity index (χ0v) is 22.4. The Morgan fingerprint density at radius 2 is 1.73 bits per heavy atom. The molecule has 0 saturated carbocycles. The lowest BCUT2D eigenvalue weighted by Gasteiger charge is -2.32. The monoisotopic (exact) mass is 515 g/mol. The number of carbonyl (C=O) groups is 3. The van der Waals surface area contributed by atoms with Gasteiger partial charge in [-0.1, -0.05) is 32.0 Å². The topological polar surface area (TPSA) is 110 Å². The van der Waals surface area contributed by atoms with Crippen LogP contribution >= 0.6 is 0 Å². The molecule has 0 radical (unpaired) electrons. The van der Waals surface area contributed by atoms with Crippen LogP contribution in [-0.2, 0) is 19.1 Å². The number of nitrogens with zero attached hydrogens (tertiary/aromatic N) is 1. The SMILES string of the molecule is CC[C@@H](CCOC)[C@@H](Oc1ccccc1)[C@H](C)OC(=O)[C@H](C)CC(=O)c1nccc(OC)c1OC(C)=O. The third-order valence-electron chi connectivity index (χ3n) is 5.95. The maximum absolute atomic E-state index is 13.0. The van der Waals surface area contributed by atoms with Crippen molar-refractivity contribution >= 4 is 17.7 Å². The molecule has 0 aliphatic carbocycles. The highest BCUT2D eigenvalue weighted by Crippen LogP contribution is 2.31. The van der Waals surface area contributed by atoms with Crippen molar-refractivity contribution in [2.24, 2.45) is 11.8 Å². The van der Waals surface area contributed by atoms with Gasteiger partial charge in [-0.05, 0) is 31.9 Å². The van der Waals surface area contributed by atoms with E-state index < -0.39 is 35.8 Å². The zero-order valence-electron chi connectivity index (χ0n) is 22.4. The number of hydrogen-bond donors (Lipinski definition) is 0. The number of benzene rings is 1. The fourth-order valence-electron chi connectivity index (χ4n) is 3.96. The Bertz CT molecular complexity index is 1030. The van der Waals surface area contributed by atoms with Crippen molar-refractivity contribution in [3.8, 4) is 17.2 Å². The fraction of sp³-hybridized carbons (Fsp3) is 0.500. The van der Waals surface area contributed by atoms with E-state index in [4.69, 9.17) is 23.7 Å². The standard InChI is InChI=1S/C28H37NO8/c1-7-21(14-16-33-5)26(37-22-11-9-8-10-12-22)19(3)35-28(32)18(2)17-23(31)25-27(36-20(4)30)24(34-6)13-15-29-25/h8-13,15,18-19,21,26H,7,14,16-17H2,1-6H3/t18-,19+,21+,26+/m1/s1. The summed E-state index contributed by atoms with van der Waals surface area (Å²) in [7, 11) is 3.04. The van der Waals surface area contributed by atoms with E-state index in [9.17, 15) is 14.4 Å². The van der Waals surface area contributed by atoms with E-state index >= 15 is 0 Å². The Morgan fingerprint density at radius 1 is 1.03 bits per heavy atom. The van der Waals surface area contributed by atoms with Crippen molar-refractivity contribution in [3.05, 3.63) is 48.3 Å². The Labute approximate surface area is 218 Å². The van der Waals surface area contributed by atoms with Crippen molar-refractivity contribution in [2.75, 3.05) is 20.8 Å². The molecule has 202 valence electrons. The lowest BCUT2D eigenvalue weighted by molar-refractivity contribution is -0.159. The summed E-state index contributed by atoms with van der Waals surface area (Å²) in [4.78, 5) is 41.6. The number of ether oxygens (including phenoxy) is 5. The molecular weight excluding hydrogens is 478 g/mol. The van der Waals surface area contributed by atoms with Gasteiger partial charge in [-0.15, -0.1) is 0 Å². The highest BCUT2D eigenvalue weighted by molar-refractivity contribution is 5.99. The molecule has 37 heavy (non-hydrogen) atoms. The van der Waals surface area contributed by atoms with Gasteiger partial charge in [0.25, 0.3) is 0 Å². The van der Waals surface area contributed by atoms with Gasteiger partial charge in [0.15, 0.2) is 17.2 Å². The number of aromatic nitrogens is 1. The number of para-hydroxylation sites is 1. The molecular formula is C28H37NO8. The minimum absolute atomic E-state index is 0.0725. The molecule has 1 heterocycles. The Kier molecular flexibility index (Phi) is 12.0. The quantitative estimate of drug-likeness (QED) is 0.247. The van der Waals surface area contributed by atoms with E-state index in [0.717, 1.165) is 12.8 Å². The molecule has 0 spiro atoms. The molecule has 0 aliphatic rings. The van der Waals surface area contributed by atoms with Crippen LogP contribution in [0.1, 0.15) is 57.4 Å². The second-order valence-electron chi connectivity index (χ2n) is 8.80. The first-order chi connectivity index (χ1) is 17.7. The lowest BCUT2D eigenvalue weighted by atomic mass is 9.92. The van der Waals surface area contributed by atoms with Crippen molar-refractivity contribution in [3.63, 3.8) is 0 Å². The molecule has 1 aromatic carbocycles. The predicted molar refractivity (Wildman–Crippen MR) is 137 cm³/mol. The molecule has 0 bridgehead atoms. The van der Waals surface area contributed by atoms with Crippen LogP contribution in [0.25, 0.3) is 0 Å². The fourth-order valence-corrected chi connectivity index (χ4v) is 3.96. The van der Waals surface area contributed by atoms with E-state index in [-0.39, 0.29) is 29.5 Å². The molecule has 2 aromatic rings. The molecule has 0 unspecified atom stereocenters. The summed E-state index contributed by atoms with van der Waals surface area (Å²) in [5, 5.41) is 0. The summed E-state index contributed by atoms with van der Waals surface area (Å²) in [6.45, 7) is 7.22. The molecule has 0 fully saturated rings. The Balaban J connectivity index is 2.15. The molecule has 0 amide bonds. The number of esters is 2. The normalized spacial score (nSPS) is 14.1. The largest absolute Gasteiger partial charge is 0.493 e. The number of rotatable bonds is 15. The van der Waals surface area contributed by atoms with Gasteiger partial charge in [-0.2, -0.15) is 0 Å². The highest BCUT2D eigenvalue weighted by atomic mass is 16.6. The van der Waals surface area contributed by atoms with Crippen molar-refractivity contribution in [2.45, 2.75) is 59.2 Å². The van der Waals surface area contributed by atoms with Crippen LogP contribution < -0.4 is 14.2 Å². The van der Waals surface area contributed by atoms with E-state index in [1.807, 2.05) is 30.3 Å². The molecule has 0 saturated heterocycles. The second kappa shape index (κ2) is 14.9. The lowest BCUT2D eigenvalue weighted by Crippen LogP contribution is -2.41. The van der Waals surface area contributed by atoms with Crippen LogP contribution in [0, 0.1) is 11.8 Å². The van der Waals surface area contributed by atoms with Gasteiger partial charge in [0, 0.05) is 45.2 Å². The molecule has 9 nitrogen and oxygen atoms in total. The van der Waals surface area contributed by atoms with Gasteiger partial charge in [-0.25, -0.2) is 4.98 Å². The maximum Gasteiger partial charge on any atom is 0.309 e. The summed E-state index contributed by atoms with van der Waals surface area (Å²) < 4.78 is 27.7. The minimum atomic E-state index is -0.774. The average molecular weight is 516 g/mol. The van der Waals surface area contributed by atoms with Crippen molar-refractivity contribution in [1.82, 2.24) is 4.98 Å². The van der Waals surface area contributed by atoms with Gasteiger partial charge in [0.05, 0.1) is 13.0 Å². The van der Waals surface area contributed by atoms with Crippen molar-refractivity contribution in [1.29, 1.82) is 0 Å². The van der Waals surface area contributed by atoms with Crippen LogP contribution in [-0.4, -0.2) is 55.7 Å². The van der Waals surface area contributed by atoms with Gasteiger partial charge in [-0.3, -0.25) is 14.4 Å². The number of ketones is 1. The molecule has 2 rings (SSSR count). The summed E-state index contributed by atoms with van der Waals surface area (Å²) >= 11 is 0. The number of carbonyl (C=O) groups excluding carboxylic acids is 3. The zero-order chi connectivity index (χ0) is 27.4. The first-order valence-corrected chi connectivity index (χ1v) is 12.4. The first-order valence-electron chi connectivity index (χ1n) is 12.4. The molecule has 9 heteroatoms. The summed E-state index contributed by atoms with van der Waals surface area (Å²) in [6.07, 6.45) is 1.73. The van der Waals surface area contributed by atoms with Crippen LogP contribution in [0.15, 0.2) is 42.6 Å². The second-order valence-corrected chi connectivity index (χ2v) is 8.80. The molecule has 1 aromatic heterocycles. The van der Waals surface area contributed by atoms with Crippen LogP contribution in [0.3, 0.4) is 0 Å². The molecule has 4 atom stereocenters. The Hall–Kier alpha value is -3.46. The third-order valence-corrected chi connectivity index (χ3v) is 5.95. The predicted octanol–water partition coefficient (Wildman–Crippen LogP) is 4.67. The molecule has 0 aliphatic heterocycles. The number of pyridine rings is 1. The number of hydrogen-bond acceptors (Lipinski definition) is 9. The third kappa shape index (κ3) is 8.86. The minimum Gasteiger partial charge on any atom is -0.493 e. The van der Waals surface area contributed by atoms with Gasteiger partial charge in [0.1, 0.15) is 18.0 Å². The van der Waals surface area contributed by atoms with Crippen LogP contribution in [0.5, 0.6) is 17.2 Å². The summed E-state index contributed by atoms with van der Waals surface area (Å²) in [5.74, 6) is -1.54. The molecule has 0 N–H and O–H groups in total. The van der Waals surface area contributed by atoms with Crippen molar-refractivity contribution < 1.29 is 38.1 Å². The number of Topliss-reactive ketones (excluding diaryl/α,β-unsaturated/α-hetero) is 1. The van der Waals surface area contributed by atoms with Gasteiger partial charge >= 0.3 is 11.9 Å². The van der Waals surface area contributed by atoms with Gasteiger partial charge in [0.2, 0.25) is 5.75 Å². The first kappa shape index (κ1) is 29.8. The van der Waals surface area contributed by atoms with E-state index in [1.54, 1.807) is 21.0 Å². The van der Waals surface area contributed by atoms with E-state index in [1.165, 1.54) is 26.3 Å². The number of methoxy groups -OCH3 is 2. The summed E-state index contributed by atoms with van der Waals surface area (Å²) in [5.41, 5.74) is -0.0850. The maximum atomic E-state index is 13.0. The van der Waals surface area contributed by atoms with Gasteiger partial charge < -0.3 is 23.7 Å². The Morgan fingerprint density at radius 3 is 2.32 bits per heavy atom. The van der Waals surface area contributed by atoms with Crippen LogP contribution in [0.4, 0.5) is 0 Å². The average Bonchev–Trinajstić information content (AvgIpc) is 2.88.